The Morgan fingerprint density at radius 3 is 2.67 bits per heavy atom. The first kappa shape index (κ1) is 19.0. The molecule has 0 aliphatic carbocycles. The van der Waals surface area contributed by atoms with Crippen LogP contribution < -0.4 is 5.32 Å². The number of nitrogens with one attached hydrogen (secondary N) is 1. The van der Waals surface area contributed by atoms with Gasteiger partial charge in [-0.3, -0.25) is 4.79 Å². The largest absolute Gasteiger partial charge is 0.351 e. The van der Waals surface area contributed by atoms with Gasteiger partial charge in [0.25, 0.3) is 0 Å². The highest BCUT2D eigenvalue weighted by atomic mass is 32.2. The lowest BCUT2D eigenvalue weighted by molar-refractivity contribution is -0.120. The minimum atomic E-state index is -0.286. The van der Waals surface area contributed by atoms with Gasteiger partial charge in [0.1, 0.15) is 5.82 Å². The fourth-order valence-corrected chi connectivity index (χ4v) is 4.66. The molecule has 0 radical (unpaired) electrons. The first-order chi connectivity index (χ1) is 11.4. The number of thioether (sulfide) groups is 2. The van der Waals surface area contributed by atoms with Crippen LogP contribution in [0.15, 0.2) is 45.1 Å². The van der Waals surface area contributed by atoms with Crippen molar-refractivity contribution in [3.05, 3.63) is 47.8 Å². The highest BCUT2D eigenvalue weighted by molar-refractivity contribution is 8.04. The maximum Gasteiger partial charge on any atom is 0.233 e. The van der Waals surface area contributed by atoms with Crippen LogP contribution in [0.2, 0.25) is 0 Å². The van der Waals surface area contributed by atoms with Gasteiger partial charge in [-0.25, -0.2) is 4.39 Å². The van der Waals surface area contributed by atoms with Gasteiger partial charge in [-0.1, -0.05) is 59.1 Å². The summed E-state index contributed by atoms with van der Waals surface area (Å²) >= 11 is 4.45. The van der Waals surface area contributed by atoms with E-state index in [1.54, 1.807) is 23.9 Å². The lowest BCUT2D eigenvalue weighted by Crippen LogP contribution is -2.30. The molecule has 0 bridgehead atoms. The Balaban J connectivity index is 1.80. The maximum absolute atomic E-state index is 12.8. The summed E-state index contributed by atoms with van der Waals surface area (Å²) in [5.41, 5.74) is 1.94. The van der Waals surface area contributed by atoms with Crippen LogP contribution in [-0.4, -0.2) is 27.1 Å². The van der Waals surface area contributed by atoms with E-state index >= 15 is 0 Å². The highest BCUT2D eigenvalue weighted by Gasteiger charge is 2.17. The molecule has 1 amide bonds. The van der Waals surface area contributed by atoms with Crippen LogP contribution >= 0.6 is 34.9 Å². The van der Waals surface area contributed by atoms with Crippen molar-refractivity contribution in [1.82, 2.24) is 15.5 Å². The molecule has 128 valence electrons. The molecule has 2 rings (SSSR count). The molecule has 1 atom stereocenters. The second-order valence-corrected chi connectivity index (χ2v) is 8.97. The summed E-state index contributed by atoms with van der Waals surface area (Å²) < 4.78 is 14.5. The summed E-state index contributed by atoms with van der Waals surface area (Å²) in [6.45, 7) is 8.03. The van der Waals surface area contributed by atoms with Crippen molar-refractivity contribution in [1.29, 1.82) is 0 Å². The van der Waals surface area contributed by atoms with Crippen molar-refractivity contribution >= 4 is 40.8 Å². The van der Waals surface area contributed by atoms with Crippen molar-refractivity contribution in [2.24, 2.45) is 0 Å². The molecule has 0 spiro atoms. The Kier molecular flexibility index (Phi) is 7.26. The van der Waals surface area contributed by atoms with Crippen molar-refractivity contribution in [3.8, 4) is 0 Å². The molecule has 2 aromatic rings. The number of hydrogen-bond donors (Lipinski definition) is 1. The zero-order chi connectivity index (χ0) is 17.5. The van der Waals surface area contributed by atoms with Crippen LogP contribution in [0.25, 0.3) is 0 Å². The van der Waals surface area contributed by atoms with Gasteiger partial charge in [0, 0.05) is 12.3 Å². The molecule has 24 heavy (non-hydrogen) atoms. The zero-order valence-corrected chi connectivity index (χ0v) is 15.9. The lowest BCUT2D eigenvalue weighted by atomic mass is 10.2. The van der Waals surface area contributed by atoms with Crippen LogP contribution in [0, 0.1) is 5.82 Å². The van der Waals surface area contributed by atoms with Gasteiger partial charge < -0.3 is 5.32 Å². The van der Waals surface area contributed by atoms with Crippen LogP contribution in [0.1, 0.15) is 19.4 Å². The van der Waals surface area contributed by atoms with E-state index in [9.17, 15) is 9.18 Å². The van der Waals surface area contributed by atoms with Gasteiger partial charge in [0.2, 0.25) is 5.91 Å². The monoisotopic (exact) mass is 383 g/mol. The van der Waals surface area contributed by atoms with Crippen LogP contribution in [0.3, 0.4) is 0 Å². The molecule has 0 saturated heterocycles. The lowest BCUT2D eigenvalue weighted by Gasteiger charge is -2.10. The van der Waals surface area contributed by atoms with E-state index in [1.165, 1.54) is 35.2 Å². The van der Waals surface area contributed by atoms with Gasteiger partial charge in [0.15, 0.2) is 8.68 Å². The normalized spacial score (nSPS) is 12.0. The number of aromatic nitrogens is 2. The third-order valence-corrected chi connectivity index (χ3v) is 6.33. The number of rotatable bonds is 8. The van der Waals surface area contributed by atoms with E-state index in [2.05, 4.69) is 22.1 Å². The highest BCUT2D eigenvalue weighted by Crippen LogP contribution is 2.31. The summed E-state index contributed by atoms with van der Waals surface area (Å²) in [6.07, 6.45) is 0. The number of halogens is 1. The molecular weight excluding hydrogens is 365 g/mol. The van der Waals surface area contributed by atoms with E-state index in [0.717, 1.165) is 25.6 Å². The fraction of sp³-hybridized carbons (Fsp3) is 0.312. The third-order valence-electron chi connectivity index (χ3n) is 2.86. The van der Waals surface area contributed by atoms with Gasteiger partial charge in [0.05, 0.1) is 5.25 Å². The molecule has 1 aromatic carbocycles. The zero-order valence-electron chi connectivity index (χ0n) is 13.4. The van der Waals surface area contributed by atoms with Crippen molar-refractivity contribution in [2.75, 3.05) is 5.75 Å². The molecule has 0 fully saturated rings. The number of amides is 1. The molecule has 0 saturated carbocycles. The fourth-order valence-electron chi connectivity index (χ4n) is 1.63. The summed E-state index contributed by atoms with van der Waals surface area (Å²) in [7, 11) is 0. The van der Waals surface area contributed by atoms with Crippen LogP contribution in [0.5, 0.6) is 0 Å². The van der Waals surface area contributed by atoms with Crippen LogP contribution in [-0.2, 0) is 11.3 Å². The topological polar surface area (TPSA) is 54.9 Å². The smallest absolute Gasteiger partial charge is 0.233 e. The summed E-state index contributed by atoms with van der Waals surface area (Å²) in [6, 6.07) is 6.07. The van der Waals surface area contributed by atoms with Crippen molar-refractivity contribution in [3.63, 3.8) is 0 Å². The minimum Gasteiger partial charge on any atom is -0.351 e. The number of carbonyl (C=O) groups excluding carboxylic acids is 1. The van der Waals surface area contributed by atoms with Crippen LogP contribution in [0.4, 0.5) is 4.39 Å². The Morgan fingerprint density at radius 1 is 1.33 bits per heavy atom. The van der Waals surface area contributed by atoms with E-state index in [4.69, 9.17) is 0 Å². The summed E-state index contributed by atoms with van der Waals surface area (Å²) in [5, 5.41) is 10.8. The molecule has 0 unspecified atom stereocenters. The first-order valence-electron chi connectivity index (χ1n) is 7.23. The minimum absolute atomic E-state index is 0.0873. The number of carbonyl (C=O) groups is 1. The van der Waals surface area contributed by atoms with E-state index in [0.29, 0.717) is 6.54 Å². The van der Waals surface area contributed by atoms with Crippen molar-refractivity contribution < 1.29 is 9.18 Å². The van der Waals surface area contributed by atoms with E-state index < -0.39 is 0 Å². The quantitative estimate of drug-likeness (QED) is 0.548. The molecular formula is C16H18FN3OS3. The Bertz CT molecular complexity index is 703. The molecule has 1 heterocycles. The Hall–Kier alpha value is -1.38. The second-order valence-electron chi connectivity index (χ2n) is 5.18. The van der Waals surface area contributed by atoms with Gasteiger partial charge in [-0.2, -0.15) is 0 Å². The molecule has 1 aromatic heterocycles. The van der Waals surface area contributed by atoms with Crippen molar-refractivity contribution in [2.45, 2.75) is 34.3 Å². The molecule has 0 aliphatic rings. The number of benzene rings is 1. The molecule has 8 heteroatoms. The second kappa shape index (κ2) is 9.19. The molecule has 1 N–H and O–H groups in total. The maximum atomic E-state index is 12.8. The average molecular weight is 384 g/mol. The predicted molar refractivity (Wildman–Crippen MR) is 99.0 cm³/mol. The standard InChI is InChI=1S/C16H18FN3OS3/c1-10(2)9-22-15-19-20-16(24-15)23-11(3)14(21)18-8-12-4-6-13(17)7-5-12/h4-7,11H,1,8-9H2,2-3H3,(H,18,21)/t11-/m0/s1. The molecule has 0 aliphatic heterocycles. The summed E-state index contributed by atoms with van der Waals surface area (Å²) in [4.78, 5) is 12.1. The van der Waals surface area contributed by atoms with Gasteiger partial charge in [-0.05, 0) is 31.5 Å². The average Bonchev–Trinajstić information content (AvgIpc) is 2.99. The molecule has 4 nitrogen and oxygen atoms in total. The number of hydrogen-bond acceptors (Lipinski definition) is 6. The van der Waals surface area contributed by atoms with Gasteiger partial charge >= 0.3 is 0 Å². The van der Waals surface area contributed by atoms with E-state index in [1.807, 2.05) is 13.8 Å². The number of nitrogens with zero attached hydrogens (tertiary/aromatic N) is 2. The third kappa shape index (κ3) is 6.26. The Morgan fingerprint density at radius 2 is 2.00 bits per heavy atom. The van der Waals surface area contributed by atoms with Gasteiger partial charge in [-0.15, -0.1) is 10.2 Å². The SMILES string of the molecule is C=C(C)CSc1nnc(S[C@@H](C)C(=O)NCc2ccc(F)cc2)s1. The Labute approximate surface area is 153 Å². The first-order valence-corrected chi connectivity index (χ1v) is 9.91. The van der Waals surface area contributed by atoms with E-state index in [-0.39, 0.29) is 17.0 Å². The predicted octanol–water partition coefficient (Wildman–Crippen LogP) is 4.14. The summed E-state index contributed by atoms with van der Waals surface area (Å²) in [5.74, 6) is 0.439.